The zero-order chi connectivity index (χ0) is 13.5. The van der Waals surface area contributed by atoms with Crippen molar-refractivity contribution >= 4 is 28.5 Å². The number of phenols is 1. The number of amides is 1. The monoisotopic (exact) mass is 365 g/mol. The van der Waals surface area contributed by atoms with E-state index in [-0.39, 0.29) is 11.7 Å². The Morgan fingerprint density at radius 2 is 1.89 bits per heavy atom. The predicted molar refractivity (Wildman–Crippen MR) is 76.8 cm³/mol. The Balaban J connectivity index is 2.74. The Morgan fingerprint density at radius 1 is 1.33 bits per heavy atom. The van der Waals surface area contributed by atoms with Gasteiger partial charge in [0.2, 0.25) is 11.7 Å². The van der Waals surface area contributed by atoms with E-state index in [1.54, 1.807) is 12.1 Å². The van der Waals surface area contributed by atoms with Gasteiger partial charge in [0, 0.05) is 6.54 Å². The number of nitrogens with one attached hydrogen (secondary N) is 1. The molecule has 1 amide bonds. The lowest BCUT2D eigenvalue weighted by Gasteiger charge is -2.11. The standard InChI is InChI=1S/C12H16INO4/c1-17-9-5-8(3-4-14-11(15)7-13)6-10(18-2)12(9)16/h5-6,16H,3-4,7H2,1-2H3,(H,14,15). The molecule has 0 radical (unpaired) electrons. The van der Waals surface area contributed by atoms with Crippen LogP contribution in [0.3, 0.4) is 0 Å². The number of hydrogen-bond acceptors (Lipinski definition) is 4. The number of aromatic hydroxyl groups is 1. The SMILES string of the molecule is COc1cc(CCNC(=O)CI)cc(OC)c1O. The fraction of sp³-hybridized carbons (Fsp3) is 0.417. The molecule has 0 aliphatic heterocycles. The molecule has 0 heterocycles. The molecule has 1 aromatic carbocycles. The third-order valence-electron chi connectivity index (χ3n) is 2.40. The van der Waals surface area contributed by atoms with Crippen LogP contribution in [0, 0.1) is 0 Å². The van der Waals surface area contributed by atoms with Crippen molar-refractivity contribution in [3.8, 4) is 17.2 Å². The number of halogens is 1. The summed E-state index contributed by atoms with van der Waals surface area (Å²) in [7, 11) is 2.96. The normalized spacial score (nSPS) is 9.94. The molecular formula is C12H16INO4. The lowest BCUT2D eigenvalue weighted by atomic mass is 10.1. The molecule has 0 atom stereocenters. The minimum absolute atomic E-state index is 0.00769. The zero-order valence-electron chi connectivity index (χ0n) is 10.3. The number of alkyl halides is 1. The maximum Gasteiger partial charge on any atom is 0.229 e. The van der Waals surface area contributed by atoms with Crippen LogP contribution in [0.5, 0.6) is 17.2 Å². The van der Waals surface area contributed by atoms with E-state index in [9.17, 15) is 9.90 Å². The first-order valence-corrected chi connectivity index (χ1v) is 6.91. The molecule has 0 bridgehead atoms. The number of methoxy groups -OCH3 is 2. The predicted octanol–water partition coefficient (Wildman–Crippen LogP) is 1.50. The Labute approximate surface area is 120 Å². The quantitative estimate of drug-likeness (QED) is 0.593. The minimum Gasteiger partial charge on any atom is -0.502 e. The number of rotatable bonds is 6. The summed E-state index contributed by atoms with van der Waals surface area (Å²) in [4.78, 5) is 11.1. The molecule has 0 saturated carbocycles. The van der Waals surface area contributed by atoms with Gasteiger partial charge in [-0.2, -0.15) is 0 Å². The van der Waals surface area contributed by atoms with Gasteiger partial charge in [-0.1, -0.05) is 22.6 Å². The molecule has 0 unspecified atom stereocenters. The van der Waals surface area contributed by atoms with Gasteiger partial charge >= 0.3 is 0 Å². The lowest BCUT2D eigenvalue weighted by Crippen LogP contribution is -2.26. The van der Waals surface area contributed by atoms with E-state index >= 15 is 0 Å². The van der Waals surface area contributed by atoms with Gasteiger partial charge in [0.05, 0.1) is 18.6 Å². The van der Waals surface area contributed by atoms with E-state index in [1.807, 2.05) is 22.6 Å². The zero-order valence-corrected chi connectivity index (χ0v) is 12.5. The number of carbonyl (C=O) groups is 1. The van der Waals surface area contributed by atoms with Crippen molar-refractivity contribution in [2.45, 2.75) is 6.42 Å². The number of hydrogen-bond donors (Lipinski definition) is 2. The van der Waals surface area contributed by atoms with E-state index in [2.05, 4.69) is 5.32 Å². The van der Waals surface area contributed by atoms with Gasteiger partial charge in [-0.25, -0.2) is 0 Å². The summed E-state index contributed by atoms with van der Waals surface area (Å²) in [6.45, 7) is 0.541. The molecule has 0 aliphatic carbocycles. The minimum atomic E-state index is -0.0138. The number of benzene rings is 1. The van der Waals surface area contributed by atoms with Crippen molar-refractivity contribution in [3.63, 3.8) is 0 Å². The molecular weight excluding hydrogens is 349 g/mol. The molecule has 0 aromatic heterocycles. The Hall–Kier alpha value is -1.18. The van der Waals surface area contributed by atoms with Crippen LogP contribution < -0.4 is 14.8 Å². The average molecular weight is 365 g/mol. The van der Waals surface area contributed by atoms with E-state index in [0.29, 0.717) is 28.9 Å². The molecule has 0 saturated heterocycles. The Kier molecular flexibility index (Phi) is 6.03. The second-order valence-electron chi connectivity index (χ2n) is 3.58. The van der Waals surface area contributed by atoms with Crippen LogP contribution in [0.2, 0.25) is 0 Å². The fourth-order valence-corrected chi connectivity index (χ4v) is 1.76. The van der Waals surface area contributed by atoms with Crippen molar-refractivity contribution in [2.24, 2.45) is 0 Å². The summed E-state index contributed by atoms with van der Waals surface area (Å²) >= 11 is 2.01. The molecule has 0 fully saturated rings. The first-order chi connectivity index (χ1) is 8.62. The van der Waals surface area contributed by atoms with Gasteiger partial charge in [-0.15, -0.1) is 0 Å². The second-order valence-corrected chi connectivity index (χ2v) is 4.35. The molecule has 0 aliphatic rings. The van der Waals surface area contributed by atoms with Gasteiger partial charge in [-0.3, -0.25) is 4.79 Å². The maximum atomic E-state index is 11.1. The van der Waals surface area contributed by atoms with Gasteiger partial charge in [-0.05, 0) is 24.1 Å². The van der Waals surface area contributed by atoms with E-state index < -0.39 is 0 Å². The smallest absolute Gasteiger partial charge is 0.229 e. The molecule has 5 nitrogen and oxygen atoms in total. The van der Waals surface area contributed by atoms with Gasteiger partial charge in [0.25, 0.3) is 0 Å². The third-order valence-corrected chi connectivity index (χ3v) is 3.09. The van der Waals surface area contributed by atoms with Crippen LogP contribution in [0.15, 0.2) is 12.1 Å². The summed E-state index contributed by atoms with van der Waals surface area (Å²) in [5.74, 6) is 0.725. The molecule has 100 valence electrons. The molecule has 18 heavy (non-hydrogen) atoms. The van der Waals surface area contributed by atoms with Crippen molar-refractivity contribution in [2.75, 3.05) is 25.2 Å². The maximum absolute atomic E-state index is 11.1. The van der Waals surface area contributed by atoms with E-state index in [4.69, 9.17) is 9.47 Å². The fourth-order valence-electron chi connectivity index (χ4n) is 1.49. The van der Waals surface area contributed by atoms with Crippen LogP contribution >= 0.6 is 22.6 Å². The number of carbonyl (C=O) groups excluding carboxylic acids is 1. The third kappa shape index (κ3) is 3.94. The van der Waals surface area contributed by atoms with Crippen molar-refractivity contribution in [1.29, 1.82) is 0 Å². The number of phenolic OH excluding ortho intramolecular Hbond substituents is 1. The first-order valence-electron chi connectivity index (χ1n) is 5.39. The van der Waals surface area contributed by atoms with Crippen molar-refractivity contribution in [1.82, 2.24) is 5.32 Å². The van der Waals surface area contributed by atoms with Crippen LogP contribution in [0.4, 0.5) is 0 Å². The highest BCUT2D eigenvalue weighted by atomic mass is 127. The summed E-state index contributed by atoms with van der Waals surface area (Å²) in [5.41, 5.74) is 0.926. The molecule has 6 heteroatoms. The second kappa shape index (κ2) is 7.30. The Bertz CT molecular complexity index is 398. The first kappa shape index (κ1) is 14.9. The molecule has 1 aromatic rings. The summed E-state index contributed by atoms with van der Waals surface area (Å²) in [6.07, 6.45) is 0.648. The van der Waals surface area contributed by atoms with E-state index in [0.717, 1.165) is 5.56 Å². The summed E-state index contributed by atoms with van der Waals surface area (Å²) in [5, 5.41) is 12.5. The van der Waals surface area contributed by atoms with Gasteiger partial charge in [0.1, 0.15) is 0 Å². The largest absolute Gasteiger partial charge is 0.502 e. The van der Waals surface area contributed by atoms with Gasteiger partial charge in [0.15, 0.2) is 11.5 Å². The van der Waals surface area contributed by atoms with Crippen molar-refractivity contribution < 1.29 is 19.4 Å². The highest BCUT2D eigenvalue weighted by Crippen LogP contribution is 2.37. The summed E-state index contributed by atoms with van der Waals surface area (Å²) in [6, 6.07) is 3.46. The van der Waals surface area contributed by atoms with Crippen molar-refractivity contribution in [3.05, 3.63) is 17.7 Å². The molecule has 0 spiro atoms. The molecule has 1 rings (SSSR count). The van der Waals surface area contributed by atoms with Gasteiger partial charge < -0.3 is 19.9 Å². The summed E-state index contributed by atoms with van der Waals surface area (Å²) < 4.78 is 10.6. The average Bonchev–Trinajstić information content (AvgIpc) is 2.39. The van der Waals surface area contributed by atoms with Crippen LogP contribution in [-0.4, -0.2) is 36.2 Å². The topological polar surface area (TPSA) is 67.8 Å². The Morgan fingerprint density at radius 3 is 2.33 bits per heavy atom. The van der Waals surface area contributed by atoms with Crippen LogP contribution in [-0.2, 0) is 11.2 Å². The number of ether oxygens (including phenoxy) is 2. The highest BCUT2D eigenvalue weighted by molar-refractivity contribution is 14.1. The van der Waals surface area contributed by atoms with Crippen LogP contribution in [0.1, 0.15) is 5.56 Å². The molecule has 2 N–H and O–H groups in total. The highest BCUT2D eigenvalue weighted by Gasteiger charge is 2.11. The van der Waals surface area contributed by atoms with E-state index in [1.165, 1.54) is 14.2 Å². The van der Waals surface area contributed by atoms with Crippen LogP contribution in [0.25, 0.3) is 0 Å². The lowest BCUT2D eigenvalue weighted by molar-refractivity contribution is -0.118.